The normalized spacial score (nSPS) is 23.8. The number of rotatable bonds is 3. The summed E-state index contributed by atoms with van der Waals surface area (Å²) >= 11 is 0. The molecule has 1 aromatic rings. The van der Waals surface area contributed by atoms with Gasteiger partial charge in [0.25, 0.3) is 0 Å². The Bertz CT molecular complexity index is 600. The number of hydrogen-bond acceptors (Lipinski definition) is 4. The van der Waals surface area contributed by atoms with Gasteiger partial charge in [-0.15, -0.1) is 0 Å². The maximum Gasteiger partial charge on any atom is 0.243 e. The number of hydrogen-bond donors (Lipinski definition) is 1. The molecule has 0 aliphatic carbocycles. The average Bonchev–Trinajstić information content (AvgIpc) is 2.96. The molecule has 0 spiro atoms. The Labute approximate surface area is 120 Å². The lowest BCUT2D eigenvalue weighted by Crippen LogP contribution is -2.32. The lowest BCUT2D eigenvalue weighted by Gasteiger charge is -2.23. The summed E-state index contributed by atoms with van der Waals surface area (Å²) in [5, 5.41) is 3.28. The SMILES string of the molecule is COC1CCN(S(=O)(=O)c2cccc3c2CCNC3)C1. The van der Waals surface area contributed by atoms with Gasteiger partial charge in [0.2, 0.25) is 10.0 Å². The van der Waals surface area contributed by atoms with Crippen LogP contribution in [0.3, 0.4) is 0 Å². The largest absolute Gasteiger partial charge is 0.380 e. The quantitative estimate of drug-likeness (QED) is 0.894. The fraction of sp³-hybridized carbons (Fsp3) is 0.571. The van der Waals surface area contributed by atoms with Gasteiger partial charge in [-0.3, -0.25) is 0 Å². The lowest BCUT2D eigenvalue weighted by molar-refractivity contribution is 0.115. The molecule has 1 fully saturated rings. The molecule has 110 valence electrons. The van der Waals surface area contributed by atoms with Crippen LogP contribution in [0.4, 0.5) is 0 Å². The van der Waals surface area contributed by atoms with Gasteiger partial charge in [0, 0.05) is 26.7 Å². The maximum absolute atomic E-state index is 12.8. The number of fused-ring (bicyclic) bond motifs is 1. The zero-order chi connectivity index (χ0) is 14.2. The van der Waals surface area contributed by atoms with Crippen LogP contribution >= 0.6 is 0 Å². The molecule has 1 N–H and O–H groups in total. The van der Waals surface area contributed by atoms with E-state index in [0.717, 1.165) is 37.1 Å². The van der Waals surface area contributed by atoms with E-state index in [1.165, 1.54) is 0 Å². The van der Waals surface area contributed by atoms with Crippen molar-refractivity contribution >= 4 is 10.0 Å². The van der Waals surface area contributed by atoms with Crippen molar-refractivity contribution in [3.8, 4) is 0 Å². The van der Waals surface area contributed by atoms with E-state index in [2.05, 4.69) is 5.32 Å². The summed E-state index contributed by atoms with van der Waals surface area (Å²) in [6.45, 7) is 2.59. The van der Waals surface area contributed by atoms with Gasteiger partial charge >= 0.3 is 0 Å². The van der Waals surface area contributed by atoms with E-state index < -0.39 is 10.0 Å². The summed E-state index contributed by atoms with van der Waals surface area (Å²) in [5.74, 6) is 0. The first-order valence-corrected chi connectivity index (χ1v) is 8.41. The highest BCUT2D eigenvalue weighted by Crippen LogP contribution is 2.28. The molecule has 0 saturated carbocycles. The predicted octanol–water partition coefficient (Wildman–Crippen LogP) is 0.742. The monoisotopic (exact) mass is 296 g/mol. The molecular weight excluding hydrogens is 276 g/mol. The second-order valence-electron chi connectivity index (χ2n) is 5.33. The van der Waals surface area contributed by atoms with Crippen LogP contribution in [0.1, 0.15) is 17.5 Å². The van der Waals surface area contributed by atoms with Crippen LogP contribution in [-0.2, 0) is 27.7 Å². The van der Waals surface area contributed by atoms with E-state index in [1.54, 1.807) is 17.5 Å². The minimum Gasteiger partial charge on any atom is -0.380 e. The topological polar surface area (TPSA) is 58.6 Å². The molecule has 2 aliphatic rings. The zero-order valence-corrected chi connectivity index (χ0v) is 12.4. The number of benzene rings is 1. The number of sulfonamides is 1. The molecule has 0 bridgehead atoms. The Kier molecular flexibility index (Phi) is 3.81. The molecule has 6 heteroatoms. The van der Waals surface area contributed by atoms with Crippen LogP contribution in [0.15, 0.2) is 23.1 Å². The zero-order valence-electron chi connectivity index (χ0n) is 11.6. The van der Waals surface area contributed by atoms with Gasteiger partial charge in [-0.1, -0.05) is 12.1 Å². The van der Waals surface area contributed by atoms with E-state index in [1.807, 2.05) is 12.1 Å². The van der Waals surface area contributed by atoms with Gasteiger partial charge in [0.15, 0.2) is 0 Å². The highest BCUT2D eigenvalue weighted by molar-refractivity contribution is 7.89. The summed E-state index contributed by atoms with van der Waals surface area (Å²) in [6, 6.07) is 5.57. The number of nitrogens with zero attached hydrogens (tertiary/aromatic N) is 1. The van der Waals surface area contributed by atoms with Gasteiger partial charge in [-0.25, -0.2) is 8.42 Å². The number of methoxy groups -OCH3 is 1. The van der Waals surface area contributed by atoms with Gasteiger partial charge in [-0.05, 0) is 36.6 Å². The van der Waals surface area contributed by atoms with Gasteiger partial charge in [-0.2, -0.15) is 4.31 Å². The van der Waals surface area contributed by atoms with E-state index in [9.17, 15) is 8.42 Å². The first-order chi connectivity index (χ1) is 9.63. The Morgan fingerprint density at radius 3 is 3.00 bits per heavy atom. The molecule has 0 radical (unpaired) electrons. The van der Waals surface area contributed by atoms with Crippen molar-refractivity contribution < 1.29 is 13.2 Å². The van der Waals surface area contributed by atoms with E-state index in [4.69, 9.17) is 4.74 Å². The minimum atomic E-state index is -3.40. The third-order valence-electron chi connectivity index (χ3n) is 4.16. The second-order valence-corrected chi connectivity index (χ2v) is 7.24. The first-order valence-electron chi connectivity index (χ1n) is 6.97. The summed E-state index contributed by atoms with van der Waals surface area (Å²) in [4.78, 5) is 0.480. The lowest BCUT2D eigenvalue weighted by atomic mass is 10.0. The fourth-order valence-corrected chi connectivity index (χ4v) is 4.77. The van der Waals surface area contributed by atoms with Crippen molar-refractivity contribution in [1.29, 1.82) is 0 Å². The third-order valence-corrected chi connectivity index (χ3v) is 6.11. The van der Waals surface area contributed by atoms with Crippen molar-refractivity contribution in [3.05, 3.63) is 29.3 Å². The first kappa shape index (κ1) is 14.0. The Morgan fingerprint density at radius 2 is 2.25 bits per heavy atom. The minimum absolute atomic E-state index is 0.0194. The van der Waals surface area contributed by atoms with Crippen molar-refractivity contribution in [2.75, 3.05) is 26.7 Å². The Balaban J connectivity index is 1.96. The highest BCUT2D eigenvalue weighted by atomic mass is 32.2. The molecular formula is C14H20N2O3S. The van der Waals surface area contributed by atoms with Crippen LogP contribution in [-0.4, -0.2) is 45.6 Å². The molecule has 1 unspecified atom stereocenters. The Hall–Kier alpha value is -0.950. The maximum atomic E-state index is 12.8. The smallest absolute Gasteiger partial charge is 0.243 e. The molecule has 1 saturated heterocycles. The molecule has 2 heterocycles. The standard InChI is InChI=1S/C14H20N2O3S/c1-19-12-6-8-16(10-12)20(17,18)14-4-2-3-11-9-15-7-5-13(11)14/h2-4,12,15H,5-10H2,1H3. The molecule has 0 amide bonds. The fourth-order valence-electron chi connectivity index (χ4n) is 2.99. The van der Waals surface area contributed by atoms with Crippen LogP contribution in [0.2, 0.25) is 0 Å². The van der Waals surface area contributed by atoms with E-state index in [0.29, 0.717) is 18.0 Å². The molecule has 3 rings (SSSR count). The van der Waals surface area contributed by atoms with Gasteiger partial charge in [0.1, 0.15) is 0 Å². The second kappa shape index (κ2) is 5.44. The van der Waals surface area contributed by atoms with Gasteiger partial charge in [0.05, 0.1) is 11.0 Å². The van der Waals surface area contributed by atoms with Crippen molar-refractivity contribution in [3.63, 3.8) is 0 Å². The molecule has 1 atom stereocenters. The average molecular weight is 296 g/mol. The molecule has 2 aliphatic heterocycles. The van der Waals surface area contributed by atoms with Crippen LogP contribution < -0.4 is 5.32 Å². The van der Waals surface area contributed by atoms with Crippen LogP contribution in [0.5, 0.6) is 0 Å². The highest BCUT2D eigenvalue weighted by Gasteiger charge is 2.34. The number of ether oxygens (including phenoxy) is 1. The molecule has 1 aromatic carbocycles. The van der Waals surface area contributed by atoms with E-state index in [-0.39, 0.29) is 6.10 Å². The summed E-state index contributed by atoms with van der Waals surface area (Å²) in [5.41, 5.74) is 2.08. The van der Waals surface area contributed by atoms with Crippen molar-refractivity contribution in [2.45, 2.75) is 30.4 Å². The molecule has 20 heavy (non-hydrogen) atoms. The van der Waals surface area contributed by atoms with E-state index >= 15 is 0 Å². The van der Waals surface area contributed by atoms with Crippen molar-refractivity contribution in [2.24, 2.45) is 0 Å². The summed E-state index contributed by atoms with van der Waals surface area (Å²) in [6.07, 6.45) is 1.56. The Morgan fingerprint density at radius 1 is 1.40 bits per heavy atom. The predicted molar refractivity (Wildman–Crippen MR) is 76.0 cm³/mol. The summed E-state index contributed by atoms with van der Waals surface area (Å²) < 4.78 is 32.5. The van der Waals surface area contributed by atoms with Gasteiger partial charge < -0.3 is 10.1 Å². The molecule has 0 aromatic heterocycles. The number of nitrogens with one attached hydrogen (secondary N) is 1. The summed E-state index contributed by atoms with van der Waals surface area (Å²) in [7, 11) is -1.76. The van der Waals surface area contributed by atoms with Crippen molar-refractivity contribution in [1.82, 2.24) is 9.62 Å². The molecule has 5 nitrogen and oxygen atoms in total. The third kappa shape index (κ3) is 2.37. The van der Waals surface area contributed by atoms with Crippen LogP contribution in [0, 0.1) is 0 Å². The van der Waals surface area contributed by atoms with Crippen LogP contribution in [0.25, 0.3) is 0 Å².